The number of unbranched alkanes of at least 4 members (excludes halogenated alkanes) is 1. The zero-order valence-corrected chi connectivity index (χ0v) is 13.4. The second-order valence-electron chi connectivity index (χ2n) is 4.84. The maximum Gasteiger partial charge on any atom is 0.229 e. The molecule has 1 heterocycles. The van der Waals surface area contributed by atoms with Crippen molar-refractivity contribution >= 4 is 44.2 Å². The first-order chi connectivity index (χ1) is 9.65. The highest BCUT2D eigenvalue weighted by atomic mass is 35.5. The molecule has 1 N–H and O–H groups in total. The Hall–Kier alpha value is -1.13. The molecule has 1 aromatic heterocycles. The number of rotatable bonds is 6. The van der Waals surface area contributed by atoms with E-state index in [1.165, 1.54) is 11.3 Å². The smallest absolute Gasteiger partial charge is 0.229 e. The van der Waals surface area contributed by atoms with E-state index < -0.39 is 0 Å². The number of hydrogen-bond donors (Lipinski definition) is 1. The lowest BCUT2D eigenvalue weighted by atomic mass is 9.99. The van der Waals surface area contributed by atoms with Gasteiger partial charge in [0.25, 0.3) is 0 Å². The van der Waals surface area contributed by atoms with E-state index in [4.69, 9.17) is 11.6 Å². The number of aromatic nitrogens is 1. The van der Waals surface area contributed by atoms with Gasteiger partial charge in [0.15, 0.2) is 5.13 Å². The number of fused-ring (bicyclic) bond motifs is 1. The number of anilines is 1. The van der Waals surface area contributed by atoms with Gasteiger partial charge in [0.05, 0.1) is 9.72 Å². The number of amides is 1. The van der Waals surface area contributed by atoms with Crippen molar-refractivity contribution in [3.8, 4) is 0 Å². The molecule has 0 aliphatic heterocycles. The summed E-state index contributed by atoms with van der Waals surface area (Å²) in [6, 6.07) is 5.67. The van der Waals surface area contributed by atoms with Crippen LogP contribution in [0.2, 0.25) is 5.02 Å². The van der Waals surface area contributed by atoms with Crippen LogP contribution in [0, 0.1) is 5.92 Å². The molecule has 20 heavy (non-hydrogen) atoms. The van der Waals surface area contributed by atoms with Crippen molar-refractivity contribution in [1.29, 1.82) is 0 Å². The van der Waals surface area contributed by atoms with E-state index in [1.807, 2.05) is 18.2 Å². The van der Waals surface area contributed by atoms with Gasteiger partial charge in [-0.25, -0.2) is 4.98 Å². The van der Waals surface area contributed by atoms with Gasteiger partial charge in [0, 0.05) is 5.92 Å². The number of carbonyl (C=O) groups is 1. The van der Waals surface area contributed by atoms with Gasteiger partial charge >= 0.3 is 0 Å². The summed E-state index contributed by atoms with van der Waals surface area (Å²) >= 11 is 7.56. The zero-order valence-electron chi connectivity index (χ0n) is 11.8. The highest BCUT2D eigenvalue weighted by molar-refractivity contribution is 7.22. The van der Waals surface area contributed by atoms with Crippen LogP contribution in [-0.4, -0.2) is 10.9 Å². The van der Waals surface area contributed by atoms with E-state index in [2.05, 4.69) is 24.1 Å². The standard InChI is InChI=1S/C15H19ClN2OS/c1-3-5-7-10(4-2)14(19)18-15-17-13-11(16)8-6-9-12(13)20-15/h6,8-10H,3-5,7H2,1-2H3,(H,17,18,19)/t10-/m0/s1. The Morgan fingerprint density at radius 3 is 2.90 bits per heavy atom. The minimum absolute atomic E-state index is 0.0659. The van der Waals surface area contributed by atoms with Gasteiger partial charge < -0.3 is 5.32 Å². The van der Waals surface area contributed by atoms with E-state index in [1.54, 1.807) is 0 Å². The summed E-state index contributed by atoms with van der Waals surface area (Å²) in [5.41, 5.74) is 0.760. The number of para-hydroxylation sites is 1. The van der Waals surface area contributed by atoms with Crippen molar-refractivity contribution in [2.45, 2.75) is 39.5 Å². The summed E-state index contributed by atoms with van der Waals surface area (Å²) in [5, 5.41) is 4.18. The monoisotopic (exact) mass is 310 g/mol. The molecule has 0 saturated carbocycles. The number of thiazole rings is 1. The van der Waals surface area contributed by atoms with E-state index in [9.17, 15) is 4.79 Å². The molecule has 108 valence electrons. The van der Waals surface area contributed by atoms with Crippen LogP contribution in [0.15, 0.2) is 18.2 Å². The van der Waals surface area contributed by atoms with Crippen molar-refractivity contribution in [3.63, 3.8) is 0 Å². The molecule has 0 radical (unpaired) electrons. The average Bonchev–Trinajstić information content (AvgIpc) is 2.83. The van der Waals surface area contributed by atoms with Crippen LogP contribution in [0.1, 0.15) is 39.5 Å². The number of carbonyl (C=O) groups excluding carboxylic acids is 1. The third kappa shape index (κ3) is 3.49. The van der Waals surface area contributed by atoms with E-state index >= 15 is 0 Å². The van der Waals surface area contributed by atoms with Crippen molar-refractivity contribution in [2.24, 2.45) is 5.92 Å². The van der Waals surface area contributed by atoms with Gasteiger partial charge in [-0.1, -0.05) is 55.7 Å². The van der Waals surface area contributed by atoms with Crippen LogP contribution in [0.4, 0.5) is 5.13 Å². The first kappa shape index (κ1) is 15.3. The molecule has 0 unspecified atom stereocenters. The molecule has 0 fully saturated rings. The Kier molecular flexibility index (Phi) is 5.38. The third-order valence-corrected chi connectivity index (χ3v) is 4.61. The van der Waals surface area contributed by atoms with Crippen LogP contribution in [0.3, 0.4) is 0 Å². The molecule has 1 amide bonds. The number of halogens is 1. The number of benzene rings is 1. The molecule has 0 bridgehead atoms. The highest BCUT2D eigenvalue weighted by Gasteiger charge is 2.17. The third-order valence-electron chi connectivity index (χ3n) is 3.37. The molecular weight excluding hydrogens is 292 g/mol. The highest BCUT2D eigenvalue weighted by Crippen LogP contribution is 2.31. The van der Waals surface area contributed by atoms with Crippen molar-refractivity contribution in [2.75, 3.05) is 5.32 Å². The summed E-state index contributed by atoms with van der Waals surface area (Å²) in [4.78, 5) is 16.6. The van der Waals surface area contributed by atoms with Crippen LogP contribution in [0.5, 0.6) is 0 Å². The number of hydrogen-bond acceptors (Lipinski definition) is 3. The quantitative estimate of drug-likeness (QED) is 0.806. The largest absolute Gasteiger partial charge is 0.302 e. The molecule has 2 rings (SSSR count). The zero-order chi connectivity index (χ0) is 14.5. The minimum Gasteiger partial charge on any atom is -0.302 e. The van der Waals surface area contributed by atoms with Gasteiger partial charge in [-0.05, 0) is 25.0 Å². The SMILES string of the molecule is CCCC[C@H](CC)C(=O)Nc1nc2c(Cl)cccc2s1. The Morgan fingerprint density at radius 1 is 1.45 bits per heavy atom. The normalized spacial score (nSPS) is 12.6. The second-order valence-corrected chi connectivity index (χ2v) is 6.28. The molecule has 1 aromatic carbocycles. The second kappa shape index (κ2) is 7.04. The van der Waals surface area contributed by atoms with Crippen molar-refractivity contribution < 1.29 is 4.79 Å². The molecular formula is C15H19ClN2OS. The Balaban J connectivity index is 2.10. The van der Waals surface area contributed by atoms with Gasteiger partial charge in [0.2, 0.25) is 5.91 Å². The maximum atomic E-state index is 12.2. The van der Waals surface area contributed by atoms with Gasteiger partial charge in [-0.3, -0.25) is 4.79 Å². The van der Waals surface area contributed by atoms with E-state index in [0.717, 1.165) is 35.9 Å². The number of nitrogens with zero attached hydrogens (tertiary/aromatic N) is 1. The Labute approximate surface area is 128 Å². The predicted molar refractivity (Wildman–Crippen MR) is 86.6 cm³/mol. The molecule has 0 aliphatic rings. The molecule has 5 heteroatoms. The lowest BCUT2D eigenvalue weighted by Gasteiger charge is -2.12. The summed E-state index contributed by atoms with van der Waals surface area (Å²) < 4.78 is 0.995. The predicted octanol–water partition coefficient (Wildman–Crippen LogP) is 5.10. The molecule has 1 atom stereocenters. The summed E-state index contributed by atoms with van der Waals surface area (Å²) in [6.45, 7) is 4.19. The average molecular weight is 311 g/mol. The first-order valence-corrected chi connectivity index (χ1v) is 8.21. The fraction of sp³-hybridized carbons (Fsp3) is 0.467. The topological polar surface area (TPSA) is 42.0 Å². The van der Waals surface area contributed by atoms with Crippen LogP contribution in [-0.2, 0) is 4.79 Å². The molecule has 0 aliphatic carbocycles. The van der Waals surface area contributed by atoms with Crippen molar-refractivity contribution in [1.82, 2.24) is 4.98 Å². The lowest BCUT2D eigenvalue weighted by molar-refractivity contribution is -0.120. The van der Waals surface area contributed by atoms with Crippen LogP contribution in [0.25, 0.3) is 10.2 Å². The van der Waals surface area contributed by atoms with Crippen molar-refractivity contribution in [3.05, 3.63) is 23.2 Å². The fourth-order valence-electron chi connectivity index (χ4n) is 2.15. The summed E-state index contributed by atoms with van der Waals surface area (Å²) in [5.74, 6) is 0.133. The summed E-state index contributed by atoms with van der Waals surface area (Å²) in [7, 11) is 0. The lowest BCUT2D eigenvalue weighted by Crippen LogP contribution is -2.22. The fourth-order valence-corrected chi connectivity index (χ4v) is 3.32. The molecule has 0 saturated heterocycles. The minimum atomic E-state index is 0.0659. The molecule has 2 aromatic rings. The van der Waals surface area contributed by atoms with Gasteiger partial charge in [0.1, 0.15) is 5.52 Å². The molecule has 0 spiro atoms. The van der Waals surface area contributed by atoms with Crippen LogP contribution < -0.4 is 5.32 Å². The molecule has 3 nitrogen and oxygen atoms in total. The summed E-state index contributed by atoms with van der Waals surface area (Å²) in [6.07, 6.45) is 3.99. The van der Waals surface area contributed by atoms with E-state index in [0.29, 0.717) is 10.2 Å². The van der Waals surface area contributed by atoms with E-state index in [-0.39, 0.29) is 11.8 Å². The maximum absolute atomic E-state index is 12.2. The Bertz CT molecular complexity index is 597. The number of nitrogens with one attached hydrogen (secondary N) is 1. The first-order valence-electron chi connectivity index (χ1n) is 7.01. The Morgan fingerprint density at radius 2 is 2.25 bits per heavy atom. The van der Waals surface area contributed by atoms with Gasteiger partial charge in [-0.2, -0.15) is 0 Å². The van der Waals surface area contributed by atoms with Crippen LogP contribution >= 0.6 is 22.9 Å². The van der Waals surface area contributed by atoms with Gasteiger partial charge in [-0.15, -0.1) is 0 Å².